The summed E-state index contributed by atoms with van der Waals surface area (Å²) >= 11 is 0. The lowest BCUT2D eigenvalue weighted by Crippen LogP contribution is -2.44. The molecule has 6 heteroatoms. The van der Waals surface area contributed by atoms with Crippen molar-refractivity contribution >= 4 is 5.97 Å². The van der Waals surface area contributed by atoms with E-state index in [0.717, 1.165) is 31.4 Å². The van der Waals surface area contributed by atoms with Crippen LogP contribution in [0.4, 0.5) is 13.2 Å². The summed E-state index contributed by atoms with van der Waals surface area (Å²) in [6.07, 6.45) is 0.808. The maximum Gasteiger partial charge on any atom is 0.419 e. The summed E-state index contributed by atoms with van der Waals surface area (Å²) in [5.41, 5.74) is -1.45. The molecule has 2 aromatic rings. The smallest absolute Gasteiger partial charge is 0.419 e. The maximum absolute atomic E-state index is 13.7. The first-order valence-corrected chi connectivity index (χ1v) is 10.9. The van der Waals surface area contributed by atoms with E-state index in [1.165, 1.54) is 18.9 Å². The van der Waals surface area contributed by atoms with Gasteiger partial charge in [-0.2, -0.15) is 13.2 Å². The van der Waals surface area contributed by atoms with Gasteiger partial charge >= 0.3 is 12.1 Å². The van der Waals surface area contributed by atoms with Gasteiger partial charge in [0.15, 0.2) is 0 Å². The zero-order valence-electron chi connectivity index (χ0n) is 17.3. The Kier molecular flexibility index (Phi) is 4.79. The molecule has 3 fully saturated rings. The Morgan fingerprint density at radius 3 is 2.55 bits per heavy atom. The number of alkyl halides is 3. The Hall–Kier alpha value is -2.50. The maximum atomic E-state index is 13.7. The number of para-hydroxylation sites is 1. The molecule has 164 valence electrons. The van der Waals surface area contributed by atoms with Crippen molar-refractivity contribution in [3.8, 4) is 11.5 Å². The Bertz CT molecular complexity index is 987. The zero-order chi connectivity index (χ0) is 21.8. The summed E-state index contributed by atoms with van der Waals surface area (Å²) in [7, 11) is 0. The Balaban J connectivity index is 1.44. The van der Waals surface area contributed by atoms with Gasteiger partial charge in [0.1, 0.15) is 17.1 Å². The lowest BCUT2D eigenvalue weighted by molar-refractivity contribution is -0.140. The van der Waals surface area contributed by atoms with Crippen molar-refractivity contribution in [2.45, 2.75) is 50.8 Å². The van der Waals surface area contributed by atoms with Crippen LogP contribution in [0.5, 0.6) is 11.5 Å². The van der Waals surface area contributed by atoms with Crippen LogP contribution in [0.25, 0.3) is 0 Å². The SMILES string of the molecule is CC1(Oc2cc(C(=O)Oc3ccccc3)ccc2C(F)(F)F)CC2CC1C1CCCC21. The fourth-order valence-corrected chi connectivity index (χ4v) is 6.38. The van der Waals surface area contributed by atoms with Crippen molar-refractivity contribution < 1.29 is 27.4 Å². The molecule has 3 aliphatic carbocycles. The quantitative estimate of drug-likeness (QED) is 0.409. The minimum Gasteiger partial charge on any atom is -0.487 e. The van der Waals surface area contributed by atoms with E-state index >= 15 is 0 Å². The van der Waals surface area contributed by atoms with Gasteiger partial charge in [0.25, 0.3) is 0 Å². The molecule has 2 bridgehead atoms. The van der Waals surface area contributed by atoms with Crippen molar-refractivity contribution in [2.24, 2.45) is 23.7 Å². The van der Waals surface area contributed by atoms with Crippen LogP contribution in [0.2, 0.25) is 0 Å². The van der Waals surface area contributed by atoms with Gasteiger partial charge in [-0.25, -0.2) is 4.79 Å². The van der Waals surface area contributed by atoms with Crippen molar-refractivity contribution in [2.75, 3.05) is 0 Å². The fraction of sp³-hybridized carbons (Fsp3) is 0.480. The molecule has 3 saturated carbocycles. The van der Waals surface area contributed by atoms with Crippen LogP contribution < -0.4 is 9.47 Å². The highest BCUT2D eigenvalue weighted by molar-refractivity contribution is 5.91. The predicted molar refractivity (Wildman–Crippen MR) is 109 cm³/mol. The molecule has 0 heterocycles. The molecule has 5 unspecified atom stereocenters. The van der Waals surface area contributed by atoms with Gasteiger partial charge in [0.05, 0.1) is 11.1 Å². The topological polar surface area (TPSA) is 35.5 Å². The second-order valence-electron chi connectivity index (χ2n) is 9.39. The third-order valence-electron chi connectivity index (χ3n) is 7.58. The molecule has 0 spiro atoms. The fourth-order valence-electron chi connectivity index (χ4n) is 6.38. The number of ether oxygens (including phenoxy) is 2. The highest BCUT2D eigenvalue weighted by atomic mass is 19.4. The number of halogens is 3. The second-order valence-corrected chi connectivity index (χ2v) is 9.39. The van der Waals surface area contributed by atoms with Gasteiger partial charge in [-0.15, -0.1) is 0 Å². The largest absolute Gasteiger partial charge is 0.487 e. The summed E-state index contributed by atoms with van der Waals surface area (Å²) in [6, 6.07) is 11.7. The van der Waals surface area contributed by atoms with E-state index in [2.05, 4.69) is 0 Å². The van der Waals surface area contributed by atoms with E-state index in [1.807, 2.05) is 6.92 Å². The van der Waals surface area contributed by atoms with Crippen LogP contribution in [0.15, 0.2) is 48.5 Å². The molecule has 0 N–H and O–H groups in total. The number of fused-ring (bicyclic) bond motifs is 5. The number of hydrogen-bond donors (Lipinski definition) is 0. The zero-order valence-corrected chi connectivity index (χ0v) is 17.3. The van der Waals surface area contributed by atoms with Gasteiger partial charge in [-0.05, 0) is 80.7 Å². The van der Waals surface area contributed by atoms with Gasteiger partial charge in [-0.3, -0.25) is 0 Å². The third-order valence-corrected chi connectivity index (χ3v) is 7.58. The molecule has 3 nitrogen and oxygen atoms in total. The average Bonchev–Trinajstić information content (AvgIpc) is 3.40. The van der Waals surface area contributed by atoms with Crippen molar-refractivity contribution in [3.63, 3.8) is 0 Å². The second kappa shape index (κ2) is 7.28. The molecule has 0 aromatic heterocycles. The van der Waals surface area contributed by atoms with E-state index in [1.54, 1.807) is 30.3 Å². The summed E-state index contributed by atoms with van der Waals surface area (Å²) < 4.78 is 52.7. The van der Waals surface area contributed by atoms with E-state index in [-0.39, 0.29) is 17.2 Å². The van der Waals surface area contributed by atoms with Crippen LogP contribution >= 0.6 is 0 Å². The standard InChI is InChI=1S/C25H25F3O3/c1-24(14-16-12-21(24)19-9-5-8-18(16)19)31-22-13-15(10-11-20(22)25(26,27)28)23(29)30-17-6-3-2-4-7-17/h2-4,6-7,10-11,13,16,18-19,21H,5,8-9,12,14H2,1H3. The summed E-state index contributed by atoms with van der Waals surface area (Å²) in [5.74, 6) is 1.40. The van der Waals surface area contributed by atoms with E-state index in [9.17, 15) is 18.0 Å². The number of carbonyl (C=O) groups is 1. The molecule has 0 saturated heterocycles. The lowest BCUT2D eigenvalue weighted by atomic mass is 9.73. The highest BCUT2D eigenvalue weighted by Gasteiger charge is 2.60. The number of benzene rings is 2. The van der Waals surface area contributed by atoms with Gasteiger partial charge < -0.3 is 9.47 Å². The molecule has 0 amide bonds. The molecule has 2 aromatic carbocycles. The molecule has 0 aliphatic heterocycles. The Morgan fingerprint density at radius 1 is 1.06 bits per heavy atom. The highest BCUT2D eigenvalue weighted by Crippen LogP contribution is 2.63. The Morgan fingerprint density at radius 2 is 1.81 bits per heavy atom. The van der Waals surface area contributed by atoms with Crippen molar-refractivity contribution in [1.29, 1.82) is 0 Å². The molecule has 0 radical (unpaired) electrons. The summed E-state index contributed by atoms with van der Waals surface area (Å²) in [5, 5.41) is 0. The molecule has 5 atom stereocenters. The number of esters is 1. The van der Waals surface area contributed by atoms with Crippen LogP contribution in [0.3, 0.4) is 0 Å². The molecular weight excluding hydrogens is 405 g/mol. The summed E-state index contributed by atoms with van der Waals surface area (Å²) in [4.78, 5) is 12.6. The molecular formula is C25H25F3O3. The Labute approximate surface area is 179 Å². The van der Waals surface area contributed by atoms with Crippen LogP contribution in [-0.2, 0) is 6.18 Å². The monoisotopic (exact) mass is 430 g/mol. The summed E-state index contributed by atoms with van der Waals surface area (Å²) in [6.45, 7) is 1.95. The minimum absolute atomic E-state index is 0.0392. The van der Waals surface area contributed by atoms with Crippen LogP contribution in [0.1, 0.15) is 54.9 Å². The van der Waals surface area contributed by atoms with Gasteiger partial charge in [0.2, 0.25) is 0 Å². The lowest BCUT2D eigenvalue weighted by Gasteiger charge is -2.41. The van der Waals surface area contributed by atoms with Gasteiger partial charge in [0, 0.05) is 5.92 Å². The van der Waals surface area contributed by atoms with E-state index < -0.39 is 23.3 Å². The van der Waals surface area contributed by atoms with E-state index in [0.29, 0.717) is 23.5 Å². The third kappa shape index (κ3) is 3.60. The number of rotatable bonds is 4. The molecule has 5 rings (SSSR count). The van der Waals surface area contributed by atoms with Crippen LogP contribution in [-0.4, -0.2) is 11.6 Å². The van der Waals surface area contributed by atoms with Crippen molar-refractivity contribution in [3.05, 3.63) is 59.7 Å². The average molecular weight is 430 g/mol. The first-order chi connectivity index (χ1) is 14.7. The van der Waals surface area contributed by atoms with Crippen LogP contribution in [0, 0.1) is 23.7 Å². The molecule has 31 heavy (non-hydrogen) atoms. The van der Waals surface area contributed by atoms with Crippen molar-refractivity contribution in [1.82, 2.24) is 0 Å². The number of hydrogen-bond acceptors (Lipinski definition) is 3. The number of carbonyl (C=O) groups excluding carboxylic acids is 1. The van der Waals surface area contributed by atoms with Gasteiger partial charge in [-0.1, -0.05) is 24.6 Å². The first kappa shape index (κ1) is 20.4. The first-order valence-electron chi connectivity index (χ1n) is 10.9. The predicted octanol–water partition coefficient (Wildman–Crippen LogP) is 6.52. The van der Waals surface area contributed by atoms with E-state index in [4.69, 9.17) is 9.47 Å². The molecule has 3 aliphatic rings. The normalized spacial score (nSPS) is 31.5. The minimum atomic E-state index is -4.57.